The molecule has 0 amide bonds. The van der Waals surface area contributed by atoms with E-state index in [1.54, 1.807) is 0 Å². The van der Waals surface area contributed by atoms with Crippen molar-refractivity contribution in [2.75, 3.05) is 0 Å². The number of aromatic nitrogens is 4. The number of hydrogen-bond donors (Lipinski definition) is 1. The third-order valence-electron chi connectivity index (χ3n) is 9.62. The molecule has 1 aliphatic heterocycles. The average Bonchev–Trinajstić information content (AvgIpc) is 3.53. The highest BCUT2D eigenvalue weighted by molar-refractivity contribution is 6.28. The van der Waals surface area contributed by atoms with E-state index in [1.807, 2.05) is 30.3 Å². The summed E-state index contributed by atoms with van der Waals surface area (Å²) in [5.41, 5.74) is 4.20. The summed E-state index contributed by atoms with van der Waals surface area (Å²) in [5.74, 6) is 2.92. The number of hydrogen-bond acceptors (Lipinski definition) is 4. The fourth-order valence-electron chi connectivity index (χ4n) is 7.32. The van der Waals surface area contributed by atoms with E-state index in [2.05, 4.69) is 143 Å². The first-order valence-corrected chi connectivity index (χ1v) is 16.6. The number of nitrogens with zero attached hydrogens (tertiary/aromatic N) is 4. The fraction of sp³-hybridized carbons (Fsp3) is 0.0227. The molecule has 0 bridgehead atoms. The molecule has 0 fully saturated rings. The largest absolute Gasteiger partial charge is 0.358 e. The summed E-state index contributed by atoms with van der Waals surface area (Å²) in [7, 11) is 0. The lowest BCUT2D eigenvalue weighted by Crippen LogP contribution is -2.26. The van der Waals surface area contributed by atoms with Gasteiger partial charge >= 0.3 is 0 Å². The highest BCUT2D eigenvalue weighted by Crippen LogP contribution is 2.40. The minimum atomic E-state index is -0.280. The quantitative estimate of drug-likeness (QED) is 0.211. The third kappa shape index (κ3) is 4.51. The number of benzene rings is 7. The number of rotatable bonds is 4. The van der Waals surface area contributed by atoms with Crippen LogP contribution in [0.4, 0.5) is 0 Å². The molecule has 10 rings (SSSR count). The minimum absolute atomic E-state index is 0.280. The average molecular weight is 628 g/mol. The van der Waals surface area contributed by atoms with Crippen LogP contribution in [0.2, 0.25) is 0 Å². The van der Waals surface area contributed by atoms with E-state index in [9.17, 15) is 0 Å². The van der Waals surface area contributed by atoms with Gasteiger partial charge in [0.1, 0.15) is 11.9 Å². The van der Waals surface area contributed by atoms with Crippen molar-refractivity contribution in [3.05, 3.63) is 170 Å². The van der Waals surface area contributed by atoms with E-state index >= 15 is 0 Å². The summed E-state index contributed by atoms with van der Waals surface area (Å²) in [6.07, 6.45) is 6.37. The van der Waals surface area contributed by atoms with Gasteiger partial charge in [-0.05, 0) is 56.6 Å². The van der Waals surface area contributed by atoms with Gasteiger partial charge in [-0.3, -0.25) is 4.57 Å². The second-order valence-corrected chi connectivity index (χ2v) is 12.5. The van der Waals surface area contributed by atoms with Crippen molar-refractivity contribution < 1.29 is 0 Å². The van der Waals surface area contributed by atoms with E-state index in [0.29, 0.717) is 17.5 Å². The Balaban J connectivity index is 1.14. The zero-order valence-corrected chi connectivity index (χ0v) is 26.5. The Morgan fingerprint density at radius 1 is 0.490 bits per heavy atom. The Morgan fingerprint density at radius 3 is 1.76 bits per heavy atom. The third-order valence-corrected chi connectivity index (χ3v) is 9.62. The Morgan fingerprint density at radius 2 is 1.06 bits per heavy atom. The summed E-state index contributed by atoms with van der Waals surface area (Å²) in [4.78, 5) is 15.2. The van der Waals surface area contributed by atoms with Crippen LogP contribution in [0.3, 0.4) is 0 Å². The molecule has 3 heterocycles. The van der Waals surface area contributed by atoms with Crippen LogP contribution in [0.5, 0.6) is 0 Å². The monoisotopic (exact) mass is 627 g/mol. The Hall–Kier alpha value is -6.59. The minimum Gasteiger partial charge on any atom is -0.358 e. The van der Waals surface area contributed by atoms with E-state index in [-0.39, 0.29) is 6.04 Å². The summed E-state index contributed by atoms with van der Waals surface area (Å²) >= 11 is 0. The molecule has 0 saturated heterocycles. The van der Waals surface area contributed by atoms with Gasteiger partial charge in [0.15, 0.2) is 17.5 Å². The van der Waals surface area contributed by atoms with Crippen LogP contribution < -0.4 is 5.32 Å². The number of allylic oxidation sites excluding steroid dienone is 2. The zero-order chi connectivity index (χ0) is 32.3. The van der Waals surface area contributed by atoms with E-state index in [4.69, 9.17) is 15.0 Å². The second-order valence-electron chi connectivity index (χ2n) is 12.5. The molecule has 1 N–H and O–H groups in total. The molecule has 230 valence electrons. The first kappa shape index (κ1) is 27.5. The summed E-state index contributed by atoms with van der Waals surface area (Å²) < 4.78 is 2.35. The lowest BCUT2D eigenvalue weighted by Gasteiger charge is -2.23. The molecule has 9 aromatic rings. The highest BCUT2D eigenvalue weighted by Gasteiger charge is 2.23. The van der Waals surface area contributed by atoms with E-state index < -0.39 is 0 Å². The molecular weight excluding hydrogens is 599 g/mol. The van der Waals surface area contributed by atoms with Gasteiger partial charge in [-0.15, -0.1) is 0 Å². The number of fused-ring (bicyclic) bond motifs is 8. The summed E-state index contributed by atoms with van der Waals surface area (Å²) in [6, 6.07) is 50.9. The van der Waals surface area contributed by atoms with Crippen LogP contribution in [0.1, 0.15) is 11.9 Å². The van der Waals surface area contributed by atoms with Crippen molar-refractivity contribution in [1.82, 2.24) is 24.8 Å². The number of dihydropyridines is 1. The van der Waals surface area contributed by atoms with Gasteiger partial charge in [0.2, 0.25) is 0 Å². The molecule has 1 aliphatic rings. The molecule has 0 radical (unpaired) electrons. The van der Waals surface area contributed by atoms with Gasteiger partial charge in [-0.1, -0.05) is 140 Å². The molecule has 0 saturated carbocycles. The Labute approximate surface area is 282 Å². The maximum Gasteiger partial charge on any atom is 0.163 e. The molecule has 1 atom stereocenters. The molecule has 2 aromatic heterocycles. The first-order chi connectivity index (χ1) is 24.3. The predicted molar refractivity (Wildman–Crippen MR) is 202 cm³/mol. The maximum atomic E-state index is 5.11. The van der Waals surface area contributed by atoms with Crippen molar-refractivity contribution in [3.8, 4) is 22.8 Å². The van der Waals surface area contributed by atoms with Crippen LogP contribution in [0.25, 0.3) is 82.7 Å². The van der Waals surface area contributed by atoms with Gasteiger partial charge in [0, 0.05) is 21.9 Å². The molecule has 5 heteroatoms. The number of nitrogens with one attached hydrogen (secondary N) is 1. The molecular formula is C44H29N5. The van der Waals surface area contributed by atoms with Crippen LogP contribution in [-0.2, 0) is 0 Å². The molecule has 0 spiro atoms. The molecule has 5 nitrogen and oxygen atoms in total. The standard InChI is InChI=1S/C44H29N5/c1-2-14-31(15-3-1)42-46-43(33-22-21-28-11-4-5-16-32(28)27-33)48-44(47-42)36-19-10-20-39(45-36)49-37-25-23-29-12-6-8-17-34(29)40(37)41-35-18-9-7-13-30(35)24-26-38(41)49/h1-27,36,45H. The van der Waals surface area contributed by atoms with Gasteiger partial charge in [-0.2, -0.15) is 0 Å². The lowest BCUT2D eigenvalue weighted by atomic mass is 10.00. The molecule has 0 aliphatic carbocycles. The van der Waals surface area contributed by atoms with Crippen molar-refractivity contribution >= 4 is 59.9 Å². The van der Waals surface area contributed by atoms with Gasteiger partial charge in [0.05, 0.1) is 11.0 Å². The Bertz CT molecular complexity index is 2720. The van der Waals surface area contributed by atoms with Crippen molar-refractivity contribution in [2.45, 2.75) is 6.04 Å². The fourth-order valence-corrected chi connectivity index (χ4v) is 7.32. The zero-order valence-electron chi connectivity index (χ0n) is 26.5. The summed E-state index contributed by atoms with van der Waals surface area (Å²) in [6.45, 7) is 0. The van der Waals surface area contributed by atoms with Crippen molar-refractivity contribution in [1.29, 1.82) is 0 Å². The van der Waals surface area contributed by atoms with Crippen LogP contribution in [-0.4, -0.2) is 19.5 Å². The van der Waals surface area contributed by atoms with Crippen LogP contribution >= 0.6 is 0 Å². The summed E-state index contributed by atoms with van der Waals surface area (Å²) in [5, 5.41) is 13.6. The first-order valence-electron chi connectivity index (χ1n) is 16.6. The topological polar surface area (TPSA) is 55.6 Å². The normalized spacial score (nSPS) is 14.5. The Kier molecular flexibility index (Phi) is 6.18. The predicted octanol–water partition coefficient (Wildman–Crippen LogP) is 10.5. The highest BCUT2D eigenvalue weighted by atomic mass is 15.2. The second kappa shape index (κ2) is 11.0. The van der Waals surface area contributed by atoms with Crippen LogP contribution in [0.15, 0.2) is 164 Å². The smallest absolute Gasteiger partial charge is 0.163 e. The lowest BCUT2D eigenvalue weighted by molar-refractivity contribution is 0.682. The van der Waals surface area contributed by atoms with Gasteiger partial charge in [-0.25, -0.2) is 15.0 Å². The van der Waals surface area contributed by atoms with Crippen LogP contribution in [0, 0.1) is 0 Å². The molecule has 49 heavy (non-hydrogen) atoms. The van der Waals surface area contributed by atoms with Crippen molar-refractivity contribution in [2.24, 2.45) is 0 Å². The SMILES string of the molecule is C1=CC(c2nc(-c3ccccc3)nc(-c3ccc4ccccc4c3)n2)NC(n2c3ccc4ccccc4c3c3c4ccccc4ccc32)=C1. The van der Waals surface area contributed by atoms with Crippen molar-refractivity contribution in [3.63, 3.8) is 0 Å². The van der Waals surface area contributed by atoms with E-state index in [1.165, 1.54) is 37.7 Å². The van der Waals surface area contributed by atoms with Gasteiger partial charge < -0.3 is 5.32 Å². The molecule has 7 aromatic carbocycles. The molecule has 1 unspecified atom stereocenters. The maximum absolute atomic E-state index is 5.11. The van der Waals surface area contributed by atoms with Gasteiger partial charge in [0.25, 0.3) is 0 Å². The van der Waals surface area contributed by atoms with E-state index in [0.717, 1.165) is 33.4 Å².